The van der Waals surface area contributed by atoms with Crippen LogP contribution in [0.2, 0.25) is 10.0 Å². The van der Waals surface area contributed by atoms with E-state index < -0.39 is 6.10 Å². The van der Waals surface area contributed by atoms with Gasteiger partial charge >= 0.3 is 0 Å². The number of ether oxygens (including phenoxy) is 2. The van der Waals surface area contributed by atoms with Crippen LogP contribution in [0, 0.1) is 6.92 Å². The van der Waals surface area contributed by atoms with E-state index >= 15 is 0 Å². The number of hydrogen-bond donors (Lipinski definition) is 1. The van der Waals surface area contributed by atoms with Crippen LogP contribution in [0.5, 0.6) is 11.6 Å². The van der Waals surface area contributed by atoms with Crippen molar-refractivity contribution in [2.45, 2.75) is 20.0 Å². The van der Waals surface area contributed by atoms with Crippen molar-refractivity contribution in [1.29, 1.82) is 0 Å². The molecule has 10 nitrogen and oxygen atoms in total. The van der Waals surface area contributed by atoms with Gasteiger partial charge in [0.2, 0.25) is 5.88 Å². The number of anilines is 1. The minimum atomic E-state index is -0.423. The molecule has 196 valence electrons. The highest BCUT2D eigenvalue weighted by Crippen LogP contribution is 2.38. The first-order valence-electron chi connectivity index (χ1n) is 12.1. The summed E-state index contributed by atoms with van der Waals surface area (Å²) in [5.41, 5.74) is 3.66. The first-order valence-corrected chi connectivity index (χ1v) is 12.8. The summed E-state index contributed by atoms with van der Waals surface area (Å²) < 4.78 is 11.9. The number of rotatable bonds is 5. The highest BCUT2D eigenvalue weighted by atomic mass is 35.5. The second-order valence-corrected chi connectivity index (χ2v) is 9.71. The SMILES string of the molecule is Cc1nccc(C(=O)N2CCOc3ncc(-c4n[nH]c5ccc(O[C@H](C)c6c(Cl)cncc6Cl)cc45)cc32)n1. The average Bonchev–Trinajstić information content (AvgIpc) is 3.35. The minimum Gasteiger partial charge on any atom is -0.486 e. The fourth-order valence-corrected chi connectivity index (χ4v) is 5.18. The largest absolute Gasteiger partial charge is 0.486 e. The topological polar surface area (TPSA) is 119 Å². The van der Waals surface area contributed by atoms with Crippen molar-refractivity contribution >= 4 is 45.7 Å². The van der Waals surface area contributed by atoms with Gasteiger partial charge < -0.3 is 9.47 Å². The lowest BCUT2D eigenvalue weighted by molar-refractivity contribution is 0.0970. The number of aromatic nitrogens is 6. The lowest BCUT2D eigenvalue weighted by atomic mass is 10.1. The smallest absolute Gasteiger partial charge is 0.277 e. The molecule has 39 heavy (non-hydrogen) atoms. The van der Waals surface area contributed by atoms with Gasteiger partial charge in [0.1, 0.15) is 41.4 Å². The zero-order valence-electron chi connectivity index (χ0n) is 20.9. The zero-order chi connectivity index (χ0) is 27.1. The molecule has 12 heteroatoms. The summed E-state index contributed by atoms with van der Waals surface area (Å²) in [5, 5.41) is 9.25. The van der Waals surface area contributed by atoms with Gasteiger partial charge in [0.15, 0.2) is 0 Å². The lowest BCUT2D eigenvalue weighted by Crippen LogP contribution is -2.38. The Morgan fingerprint density at radius 2 is 1.95 bits per heavy atom. The maximum atomic E-state index is 13.3. The molecule has 0 spiro atoms. The highest BCUT2D eigenvalue weighted by molar-refractivity contribution is 6.35. The number of amides is 1. The van der Waals surface area contributed by atoms with E-state index in [-0.39, 0.29) is 5.91 Å². The fourth-order valence-electron chi connectivity index (χ4n) is 4.51. The molecule has 5 heterocycles. The van der Waals surface area contributed by atoms with Gasteiger partial charge in [0.25, 0.3) is 5.91 Å². The third kappa shape index (κ3) is 4.73. The van der Waals surface area contributed by atoms with E-state index in [4.69, 9.17) is 32.7 Å². The van der Waals surface area contributed by atoms with Crippen LogP contribution in [-0.2, 0) is 0 Å². The van der Waals surface area contributed by atoms with Gasteiger partial charge in [-0.05, 0) is 44.2 Å². The Morgan fingerprint density at radius 1 is 1.13 bits per heavy atom. The molecule has 1 aliphatic heterocycles. The van der Waals surface area contributed by atoms with Gasteiger partial charge in [0.05, 0.1) is 22.1 Å². The quantitative estimate of drug-likeness (QED) is 0.294. The standard InChI is InChI=1S/C27H21Cl2N7O3/c1-14(24-19(28)12-30-13-20(24)29)39-17-3-4-21-18(10-17)25(35-34-21)16-9-23-26(32-11-16)38-8-7-36(23)27(37)22-5-6-31-15(2)33-22/h3-6,9-14H,7-8H2,1-2H3,(H,34,35)/t14-/m1/s1. The summed E-state index contributed by atoms with van der Waals surface area (Å²) in [6.45, 7) is 4.29. The number of nitrogens with one attached hydrogen (secondary N) is 1. The number of halogens is 2. The van der Waals surface area contributed by atoms with Crippen molar-refractivity contribution in [1.82, 2.24) is 30.1 Å². The van der Waals surface area contributed by atoms with Crippen LogP contribution in [0.25, 0.3) is 22.2 Å². The van der Waals surface area contributed by atoms with Crippen LogP contribution in [0.1, 0.15) is 34.9 Å². The maximum Gasteiger partial charge on any atom is 0.277 e. The molecule has 1 N–H and O–H groups in total. The molecule has 1 aliphatic rings. The molecule has 0 radical (unpaired) electrons. The number of pyridine rings is 2. The van der Waals surface area contributed by atoms with Crippen molar-refractivity contribution in [3.05, 3.63) is 82.2 Å². The average molecular weight is 562 g/mol. The van der Waals surface area contributed by atoms with Crippen molar-refractivity contribution in [2.24, 2.45) is 0 Å². The summed E-state index contributed by atoms with van der Waals surface area (Å²) in [4.78, 5) is 31.8. The fraction of sp³-hybridized carbons (Fsp3) is 0.185. The van der Waals surface area contributed by atoms with E-state index in [1.165, 1.54) is 12.4 Å². The van der Waals surface area contributed by atoms with Crippen LogP contribution in [-0.4, -0.2) is 49.2 Å². The molecule has 6 rings (SSSR count). The Hall–Kier alpha value is -4.28. The van der Waals surface area contributed by atoms with Crippen molar-refractivity contribution in [3.63, 3.8) is 0 Å². The minimum absolute atomic E-state index is 0.256. The number of nitrogens with zero attached hydrogens (tertiary/aromatic N) is 6. The molecule has 0 saturated carbocycles. The highest BCUT2D eigenvalue weighted by Gasteiger charge is 2.28. The van der Waals surface area contributed by atoms with E-state index in [1.807, 2.05) is 31.2 Å². The molecule has 1 atom stereocenters. The molecule has 0 aliphatic carbocycles. The summed E-state index contributed by atoms with van der Waals surface area (Å²) in [6, 6.07) is 9.04. The lowest BCUT2D eigenvalue weighted by Gasteiger charge is -2.28. The van der Waals surface area contributed by atoms with Crippen molar-refractivity contribution < 1.29 is 14.3 Å². The predicted octanol–water partition coefficient (Wildman–Crippen LogP) is 5.60. The molecule has 1 aromatic carbocycles. The van der Waals surface area contributed by atoms with E-state index in [2.05, 4.69) is 30.1 Å². The number of aryl methyl sites for hydroxylation is 1. The zero-order valence-corrected chi connectivity index (χ0v) is 22.4. The second kappa shape index (κ2) is 10.1. The number of aromatic amines is 1. The van der Waals surface area contributed by atoms with Crippen LogP contribution < -0.4 is 14.4 Å². The van der Waals surface area contributed by atoms with Gasteiger partial charge in [-0.25, -0.2) is 15.0 Å². The molecule has 5 aromatic rings. The van der Waals surface area contributed by atoms with Gasteiger partial charge in [-0.1, -0.05) is 23.2 Å². The molecule has 1 amide bonds. The Labute approximate surface area is 232 Å². The summed E-state index contributed by atoms with van der Waals surface area (Å²) >= 11 is 12.6. The number of H-pyrrole nitrogens is 1. The number of hydrogen-bond acceptors (Lipinski definition) is 8. The first kappa shape index (κ1) is 25.0. The summed E-state index contributed by atoms with van der Waals surface area (Å²) in [5.74, 6) is 1.23. The molecule has 4 aromatic heterocycles. The van der Waals surface area contributed by atoms with Gasteiger partial charge in [-0.2, -0.15) is 5.10 Å². The second-order valence-electron chi connectivity index (χ2n) is 8.90. The van der Waals surface area contributed by atoms with Gasteiger partial charge in [0, 0.05) is 41.3 Å². The Morgan fingerprint density at radius 3 is 2.74 bits per heavy atom. The monoisotopic (exact) mass is 561 g/mol. The molecule has 0 fully saturated rings. The van der Waals surface area contributed by atoms with Gasteiger partial charge in [-0.3, -0.25) is 19.8 Å². The number of carbonyl (C=O) groups excluding carboxylic acids is 1. The molecule has 0 unspecified atom stereocenters. The van der Waals surface area contributed by atoms with Crippen LogP contribution >= 0.6 is 23.2 Å². The van der Waals surface area contributed by atoms with Crippen LogP contribution in [0.4, 0.5) is 5.69 Å². The number of fused-ring (bicyclic) bond motifs is 2. The van der Waals surface area contributed by atoms with E-state index in [0.717, 1.165) is 10.9 Å². The maximum absolute atomic E-state index is 13.3. The van der Waals surface area contributed by atoms with Crippen LogP contribution in [0.15, 0.2) is 55.1 Å². The third-order valence-electron chi connectivity index (χ3n) is 6.33. The van der Waals surface area contributed by atoms with Crippen LogP contribution in [0.3, 0.4) is 0 Å². The van der Waals surface area contributed by atoms with Crippen molar-refractivity contribution in [2.75, 3.05) is 18.1 Å². The van der Waals surface area contributed by atoms with E-state index in [1.54, 1.807) is 30.3 Å². The Bertz CT molecular complexity index is 1710. The number of benzene rings is 1. The Balaban J connectivity index is 1.34. The summed E-state index contributed by atoms with van der Waals surface area (Å²) in [7, 11) is 0. The Kier molecular flexibility index (Phi) is 6.49. The molecular weight excluding hydrogens is 541 g/mol. The molecule has 0 bridgehead atoms. The molecular formula is C27H21Cl2N7O3. The summed E-state index contributed by atoms with van der Waals surface area (Å²) in [6.07, 6.45) is 5.88. The number of carbonyl (C=O) groups is 1. The predicted molar refractivity (Wildman–Crippen MR) is 147 cm³/mol. The molecule has 0 saturated heterocycles. The van der Waals surface area contributed by atoms with Gasteiger partial charge in [-0.15, -0.1) is 0 Å². The third-order valence-corrected chi connectivity index (χ3v) is 6.94. The normalized spacial score (nSPS) is 13.6. The first-order chi connectivity index (χ1) is 18.9. The van der Waals surface area contributed by atoms with Crippen molar-refractivity contribution in [3.8, 4) is 22.9 Å². The van der Waals surface area contributed by atoms with E-state index in [9.17, 15) is 4.79 Å². The van der Waals surface area contributed by atoms with E-state index in [0.29, 0.717) is 68.9 Å².